The van der Waals surface area contributed by atoms with Crippen molar-refractivity contribution < 1.29 is 4.79 Å². The van der Waals surface area contributed by atoms with Gasteiger partial charge in [0.25, 0.3) is 0 Å². The highest BCUT2D eigenvalue weighted by Crippen LogP contribution is 2.18. The largest absolute Gasteiger partial charge is 0.365 e. The zero-order chi connectivity index (χ0) is 20.9. The smallest absolute Gasteiger partial charge is 0.224 e. The summed E-state index contributed by atoms with van der Waals surface area (Å²) in [6, 6.07) is 8.01. The van der Waals surface area contributed by atoms with Crippen molar-refractivity contribution >= 4 is 11.6 Å². The number of hydrogen-bond acceptors (Lipinski definition) is 3. The lowest BCUT2D eigenvalue weighted by Crippen LogP contribution is -2.14. The van der Waals surface area contributed by atoms with Crippen LogP contribution < -0.4 is 10.6 Å². The van der Waals surface area contributed by atoms with E-state index in [1.807, 2.05) is 51.5 Å². The number of anilines is 1. The van der Waals surface area contributed by atoms with Crippen LogP contribution in [0.15, 0.2) is 72.1 Å². The Morgan fingerprint density at radius 2 is 1.96 bits per heavy atom. The van der Waals surface area contributed by atoms with Crippen molar-refractivity contribution in [1.82, 2.24) is 10.2 Å². The highest BCUT2D eigenvalue weighted by atomic mass is 16.1. The number of amides is 1. The van der Waals surface area contributed by atoms with Gasteiger partial charge in [0.15, 0.2) is 0 Å². The van der Waals surface area contributed by atoms with Gasteiger partial charge in [-0.25, -0.2) is 0 Å². The van der Waals surface area contributed by atoms with Crippen molar-refractivity contribution in [2.45, 2.75) is 46.6 Å². The molecular formula is C24H35N3O. The van der Waals surface area contributed by atoms with E-state index in [1.54, 1.807) is 6.08 Å². The molecule has 0 aliphatic heterocycles. The fraction of sp³-hybridized carbons (Fsp3) is 0.375. The van der Waals surface area contributed by atoms with Crippen LogP contribution in [-0.4, -0.2) is 24.9 Å². The van der Waals surface area contributed by atoms with Crippen molar-refractivity contribution in [3.8, 4) is 0 Å². The second kappa shape index (κ2) is 12.7. The van der Waals surface area contributed by atoms with Gasteiger partial charge in [0.2, 0.25) is 5.91 Å². The third-order valence-electron chi connectivity index (χ3n) is 4.19. The first-order chi connectivity index (χ1) is 13.3. The number of rotatable bonds is 11. The zero-order valence-electron chi connectivity index (χ0n) is 18.0. The summed E-state index contributed by atoms with van der Waals surface area (Å²) >= 11 is 0. The fourth-order valence-electron chi connectivity index (χ4n) is 2.83. The molecule has 0 saturated carbocycles. The van der Waals surface area contributed by atoms with Gasteiger partial charge in [0.1, 0.15) is 0 Å². The van der Waals surface area contributed by atoms with Crippen LogP contribution in [0.5, 0.6) is 0 Å². The summed E-state index contributed by atoms with van der Waals surface area (Å²) in [5.41, 5.74) is 5.37. The van der Waals surface area contributed by atoms with E-state index in [2.05, 4.69) is 48.1 Å². The van der Waals surface area contributed by atoms with Gasteiger partial charge in [-0.2, -0.15) is 0 Å². The predicted molar refractivity (Wildman–Crippen MR) is 121 cm³/mol. The van der Waals surface area contributed by atoms with Crippen LogP contribution in [-0.2, 0) is 11.3 Å². The zero-order valence-corrected chi connectivity index (χ0v) is 18.0. The SMILES string of the molecule is C=C/C=C(\C)N/C=C(CCC(=O)Nc1cccc(CN(C)C)c1)\C(C)=C\CC. The van der Waals surface area contributed by atoms with E-state index in [0.29, 0.717) is 12.8 Å². The minimum absolute atomic E-state index is 0.0237. The third-order valence-corrected chi connectivity index (χ3v) is 4.19. The molecule has 0 bridgehead atoms. The second-order valence-electron chi connectivity index (χ2n) is 7.18. The van der Waals surface area contributed by atoms with Gasteiger partial charge in [-0.05, 0) is 70.1 Å². The van der Waals surface area contributed by atoms with Gasteiger partial charge < -0.3 is 15.5 Å². The summed E-state index contributed by atoms with van der Waals surface area (Å²) in [6.45, 7) is 10.8. The van der Waals surface area contributed by atoms with Gasteiger partial charge >= 0.3 is 0 Å². The summed E-state index contributed by atoms with van der Waals surface area (Å²) in [6.07, 6.45) is 9.92. The molecule has 1 rings (SSSR count). The molecule has 152 valence electrons. The maximum atomic E-state index is 12.5. The first-order valence-electron chi connectivity index (χ1n) is 9.81. The average Bonchev–Trinajstić information content (AvgIpc) is 2.61. The van der Waals surface area contributed by atoms with Gasteiger partial charge in [0.05, 0.1) is 0 Å². The number of allylic oxidation sites excluding steroid dienone is 6. The molecule has 1 aromatic carbocycles. The standard InChI is InChI=1S/C24H35N3O/c1-7-10-19(3)22(17-25-20(4)11-8-2)14-15-24(28)26-23-13-9-12-21(16-23)18-27(5)6/h8-13,16-17,25H,2,7,14-15,18H2,1,3-6H3,(H,26,28)/b19-10+,20-11+,22-17-. The maximum absolute atomic E-state index is 12.5. The number of nitrogens with zero attached hydrogens (tertiary/aromatic N) is 1. The number of carbonyl (C=O) groups is 1. The molecular weight excluding hydrogens is 346 g/mol. The number of benzene rings is 1. The van der Waals surface area contributed by atoms with Crippen LogP contribution in [0.3, 0.4) is 0 Å². The summed E-state index contributed by atoms with van der Waals surface area (Å²) < 4.78 is 0. The molecule has 0 saturated heterocycles. The van der Waals surface area contributed by atoms with E-state index in [1.165, 1.54) is 11.1 Å². The Kier molecular flexibility index (Phi) is 10.7. The molecule has 0 aromatic heterocycles. The summed E-state index contributed by atoms with van der Waals surface area (Å²) in [5, 5.41) is 6.29. The Morgan fingerprint density at radius 3 is 2.61 bits per heavy atom. The molecule has 0 spiro atoms. The van der Waals surface area contributed by atoms with Crippen LogP contribution >= 0.6 is 0 Å². The van der Waals surface area contributed by atoms with E-state index in [9.17, 15) is 4.79 Å². The van der Waals surface area contributed by atoms with Crippen LogP contribution in [0.2, 0.25) is 0 Å². The summed E-state index contributed by atoms with van der Waals surface area (Å²) in [4.78, 5) is 14.6. The Balaban J connectivity index is 2.74. The molecule has 1 amide bonds. The molecule has 28 heavy (non-hydrogen) atoms. The number of nitrogens with one attached hydrogen (secondary N) is 2. The van der Waals surface area contributed by atoms with Crippen molar-refractivity contribution in [2.75, 3.05) is 19.4 Å². The van der Waals surface area contributed by atoms with Gasteiger partial charge in [-0.1, -0.05) is 43.4 Å². The van der Waals surface area contributed by atoms with E-state index in [-0.39, 0.29) is 5.91 Å². The minimum atomic E-state index is 0.0237. The van der Waals surface area contributed by atoms with Crippen molar-refractivity contribution in [3.63, 3.8) is 0 Å². The fourth-order valence-corrected chi connectivity index (χ4v) is 2.83. The van der Waals surface area contributed by atoms with Crippen LogP contribution in [0.1, 0.15) is 45.6 Å². The lowest BCUT2D eigenvalue weighted by molar-refractivity contribution is -0.116. The molecule has 0 aliphatic rings. The normalized spacial score (nSPS) is 12.9. The Hall–Kier alpha value is -2.59. The maximum Gasteiger partial charge on any atom is 0.224 e. The lowest BCUT2D eigenvalue weighted by atomic mass is 10.0. The Bertz CT molecular complexity index is 742. The van der Waals surface area contributed by atoms with E-state index in [0.717, 1.165) is 29.9 Å². The van der Waals surface area contributed by atoms with Gasteiger partial charge in [-0.3, -0.25) is 4.79 Å². The van der Waals surface area contributed by atoms with E-state index < -0.39 is 0 Å². The summed E-state index contributed by atoms with van der Waals surface area (Å²) in [7, 11) is 4.07. The first kappa shape index (κ1) is 23.4. The number of hydrogen-bond donors (Lipinski definition) is 2. The molecule has 0 atom stereocenters. The molecule has 0 unspecified atom stereocenters. The Labute approximate surface area is 170 Å². The molecule has 4 heteroatoms. The van der Waals surface area contributed by atoms with Crippen molar-refractivity contribution in [3.05, 3.63) is 77.7 Å². The first-order valence-corrected chi connectivity index (χ1v) is 9.81. The second-order valence-corrected chi connectivity index (χ2v) is 7.18. The highest BCUT2D eigenvalue weighted by Gasteiger charge is 2.07. The third kappa shape index (κ3) is 9.38. The topological polar surface area (TPSA) is 44.4 Å². The van der Waals surface area contributed by atoms with E-state index in [4.69, 9.17) is 0 Å². The molecule has 0 radical (unpaired) electrons. The molecule has 0 fully saturated rings. The lowest BCUT2D eigenvalue weighted by Gasteiger charge is -2.12. The van der Waals surface area contributed by atoms with Crippen LogP contribution in [0.4, 0.5) is 5.69 Å². The van der Waals surface area contributed by atoms with Crippen molar-refractivity contribution in [1.29, 1.82) is 0 Å². The minimum Gasteiger partial charge on any atom is -0.365 e. The number of carbonyl (C=O) groups excluding carboxylic acids is 1. The molecule has 2 N–H and O–H groups in total. The predicted octanol–water partition coefficient (Wildman–Crippen LogP) is 5.39. The van der Waals surface area contributed by atoms with Crippen LogP contribution in [0, 0.1) is 0 Å². The van der Waals surface area contributed by atoms with Crippen LogP contribution in [0.25, 0.3) is 0 Å². The van der Waals surface area contributed by atoms with E-state index >= 15 is 0 Å². The summed E-state index contributed by atoms with van der Waals surface area (Å²) in [5.74, 6) is 0.0237. The quantitative estimate of drug-likeness (QED) is 0.505. The molecule has 0 heterocycles. The molecule has 4 nitrogen and oxygen atoms in total. The highest BCUT2D eigenvalue weighted by molar-refractivity contribution is 5.90. The Morgan fingerprint density at radius 1 is 1.21 bits per heavy atom. The molecule has 1 aromatic rings. The average molecular weight is 382 g/mol. The van der Waals surface area contributed by atoms with Crippen molar-refractivity contribution in [2.24, 2.45) is 0 Å². The monoisotopic (exact) mass is 381 g/mol. The van der Waals surface area contributed by atoms with Gasteiger partial charge in [-0.15, -0.1) is 0 Å². The van der Waals surface area contributed by atoms with Gasteiger partial charge in [0, 0.05) is 30.5 Å². The molecule has 0 aliphatic carbocycles.